The van der Waals surface area contributed by atoms with Crippen LogP contribution in [0.2, 0.25) is 0 Å². The molecule has 0 aliphatic rings. The van der Waals surface area contributed by atoms with E-state index in [4.69, 9.17) is 5.73 Å². The summed E-state index contributed by atoms with van der Waals surface area (Å²) in [5.74, 6) is -0.423. The Bertz CT molecular complexity index is 733. The molecule has 4 nitrogen and oxygen atoms in total. The first kappa shape index (κ1) is 14.8. The van der Waals surface area contributed by atoms with Crippen LogP contribution in [0.25, 0.3) is 0 Å². The van der Waals surface area contributed by atoms with Crippen molar-refractivity contribution in [2.45, 2.75) is 4.90 Å². The van der Waals surface area contributed by atoms with Gasteiger partial charge in [-0.05, 0) is 58.4 Å². The van der Waals surface area contributed by atoms with E-state index in [0.717, 1.165) is 4.31 Å². The van der Waals surface area contributed by atoms with Crippen LogP contribution in [0.5, 0.6) is 0 Å². The minimum absolute atomic E-state index is 0.0959. The van der Waals surface area contributed by atoms with Gasteiger partial charge in [0, 0.05) is 17.2 Å². The molecule has 0 fully saturated rings. The van der Waals surface area contributed by atoms with Crippen molar-refractivity contribution in [3.05, 3.63) is 52.8 Å². The first-order chi connectivity index (χ1) is 9.32. The van der Waals surface area contributed by atoms with Gasteiger partial charge in [-0.2, -0.15) is 0 Å². The van der Waals surface area contributed by atoms with Crippen LogP contribution in [0.15, 0.2) is 51.8 Å². The van der Waals surface area contributed by atoms with Crippen molar-refractivity contribution >= 4 is 37.3 Å². The van der Waals surface area contributed by atoms with Crippen molar-refractivity contribution in [3.8, 4) is 0 Å². The lowest BCUT2D eigenvalue weighted by atomic mass is 10.3. The standard InChI is InChI=1S/C13H12BrFN2O2S/c1-17(11-5-2-9(15)3-6-11)20(18,19)13-7-4-10(16)8-12(13)14/h2-8H,16H2,1H3. The predicted molar refractivity (Wildman–Crippen MR) is 80.5 cm³/mol. The Hall–Kier alpha value is -1.60. The highest BCUT2D eigenvalue weighted by atomic mass is 79.9. The molecule has 0 aliphatic heterocycles. The fourth-order valence-electron chi connectivity index (χ4n) is 1.66. The second kappa shape index (κ2) is 5.41. The average molecular weight is 359 g/mol. The molecule has 0 heterocycles. The molecule has 0 radical (unpaired) electrons. The molecule has 0 atom stereocenters. The third-order valence-corrected chi connectivity index (χ3v) is 5.55. The predicted octanol–water partition coefficient (Wildman–Crippen LogP) is 3.00. The van der Waals surface area contributed by atoms with Gasteiger partial charge in [-0.1, -0.05) is 0 Å². The molecule has 0 aliphatic carbocycles. The highest BCUT2D eigenvalue weighted by Gasteiger charge is 2.23. The molecule has 0 saturated carbocycles. The Kier molecular flexibility index (Phi) is 4.01. The largest absolute Gasteiger partial charge is 0.399 e. The van der Waals surface area contributed by atoms with Crippen molar-refractivity contribution in [1.29, 1.82) is 0 Å². The SMILES string of the molecule is CN(c1ccc(F)cc1)S(=O)(=O)c1ccc(N)cc1Br. The zero-order valence-electron chi connectivity index (χ0n) is 10.5. The van der Waals surface area contributed by atoms with E-state index in [2.05, 4.69) is 15.9 Å². The number of hydrogen-bond acceptors (Lipinski definition) is 3. The zero-order chi connectivity index (χ0) is 14.9. The van der Waals surface area contributed by atoms with Crippen LogP contribution < -0.4 is 10.0 Å². The Labute approximate surface area is 125 Å². The van der Waals surface area contributed by atoms with Gasteiger partial charge in [-0.25, -0.2) is 12.8 Å². The summed E-state index contributed by atoms with van der Waals surface area (Å²) in [6.45, 7) is 0. The molecule has 2 N–H and O–H groups in total. The Morgan fingerprint density at radius 1 is 1.15 bits per heavy atom. The van der Waals surface area contributed by atoms with E-state index >= 15 is 0 Å². The van der Waals surface area contributed by atoms with Gasteiger partial charge >= 0.3 is 0 Å². The maximum Gasteiger partial charge on any atom is 0.265 e. The van der Waals surface area contributed by atoms with Crippen LogP contribution in [0.3, 0.4) is 0 Å². The van der Waals surface area contributed by atoms with E-state index in [-0.39, 0.29) is 4.90 Å². The fraction of sp³-hybridized carbons (Fsp3) is 0.0769. The lowest BCUT2D eigenvalue weighted by molar-refractivity contribution is 0.593. The first-order valence-corrected chi connectivity index (χ1v) is 7.85. The second-order valence-corrected chi connectivity index (χ2v) is 6.93. The van der Waals surface area contributed by atoms with E-state index in [1.54, 1.807) is 0 Å². The molecule has 0 amide bonds. The second-order valence-electron chi connectivity index (χ2n) is 4.14. The smallest absolute Gasteiger partial charge is 0.265 e. The Balaban J connectivity index is 2.46. The minimum Gasteiger partial charge on any atom is -0.399 e. The lowest BCUT2D eigenvalue weighted by Gasteiger charge is -2.20. The molecule has 0 unspecified atom stereocenters. The molecule has 0 saturated heterocycles. The maximum absolute atomic E-state index is 12.9. The van der Waals surface area contributed by atoms with E-state index in [0.29, 0.717) is 15.8 Å². The molecule has 106 valence electrons. The topological polar surface area (TPSA) is 63.4 Å². The summed E-state index contributed by atoms with van der Waals surface area (Å²) >= 11 is 3.19. The number of benzene rings is 2. The molecule has 2 rings (SSSR count). The van der Waals surface area contributed by atoms with Crippen LogP contribution in [0.4, 0.5) is 15.8 Å². The van der Waals surface area contributed by atoms with Crippen LogP contribution >= 0.6 is 15.9 Å². The third-order valence-electron chi connectivity index (χ3n) is 2.78. The molecule has 7 heteroatoms. The molecule has 20 heavy (non-hydrogen) atoms. The van der Waals surface area contributed by atoms with E-state index in [1.807, 2.05) is 0 Å². The van der Waals surface area contributed by atoms with E-state index in [1.165, 1.54) is 49.5 Å². The quantitative estimate of drug-likeness (QED) is 0.857. The summed E-state index contributed by atoms with van der Waals surface area (Å²) in [6, 6.07) is 9.67. The summed E-state index contributed by atoms with van der Waals surface area (Å²) in [5.41, 5.74) is 6.42. The maximum atomic E-state index is 12.9. The van der Waals surface area contributed by atoms with E-state index < -0.39 is 15.8 Å². The van der Waals surface area contributed by atoms with Crippen LogP contribution in [0.1, 0.15) is 0 Å². The minimum atomic E-state index is -3.74. The summed E-state index contributed by atoms with van der Waals surface area (Å²) < 4.78 is 39.4. The van der Waals surface area contributed by atoms with Crippen LogP contribution in [-0.2, 0) is 10.0 Å². The highest BCUT2D eigenvalue weighted by Crippen LogP contribution is 2.29. The van der Waals surface area contributed by atoms with Gasteiger partial charge in [0.25, 0.3) is 10.0 Å². The van der Waals surface area contributed by atoms with Crippen molar-refractivity contribution < 1.29 is 12.8 Å². The Morgan fingerprint density at radius 3 is 2.30 bits per heavy atom. The number of sulfonamides is 1. The monoisotopic (exact) mass is 358 g/mol. The van der Waals surface area contributed by atoms with Gasteiger partial charge in [0.1, 0.15) is 10.7 Å². The van der Waals surface area contributed by atoms with Gasteiger partial charge in [0.05, 0.1) is 5.69 Å². The molecular formula is C13H12BrFN2O2S. The number of rotatable bonds is 3. The van der Waals surface area contributed by atoms with Gasteiger partial charge in [0.15, 0.2) is 0 Å². The molecule has 2 aromatic rings. The van der Waals surface area contributed by atoms with Gasteiger partial charge in [-0.3, -0.25) is 4.31 Å². The van der Waals surface area contributed by atoms with Crippen molar-refractivity contribution in [3.63, 3.8) is 0 Å². The summed E-state index contributed by atoms with van der Waals surface area (Å²) in [7, 11) is -2.34. The molecular weight excluding hydrogens is 347 g/mol. The van der Waals surface area contributed by atoms with Gasteiger partial charge < -0.3 is 5.73 Å². The number of nitrogens with zero attached hydrogens (tertiary/aromatic N) is 1. The van der Waals surface area contributed by atoms with Crippen molar-refractivity contribution in [1.82, 2.24) is 0 Å². The number of anilines is 2. The average Bonchev–Trinajstić information content (AvgIpc) is 2.38. The molecule has 2 aromatic carbocycles. The number of halogens is 2. The normalized spacial score (nSPS) is 11.3. The van der Waals surface area contributed by atoms with Crippen molar-refractivity contribution in [2.24, 2.45) is 0 Å². The number of nitrogens with two attached hydrogens (primary N) is 1. The highest BCUT2D eigenvalue weighted by molar-refractivity contribution is 9.10. The summed E-state index contributed by atoms with van der Waals surface area (Å²) in [6.07, 6.45) is 0. The summed E-state index contributed by atoms with van der Waals surface area (Å²) in [5, 5.41) is 0. The number of nitrogen functional groups attached to an aromatic ring is 1. The molecule has 0 bridgehead atoms. The van der Waals surface area contributed by atoms with E-state index in [9.17, 15) is 12.8 Å². The fourth-order valence-corrected chi connectivity index (χ4v) is 3.91. The van der Waals surface area contributed by atoms with Crippen LogP contribution in [0, 0.1) is 5.82 Å². The first-order valence-electron chi connectivity index (χ1n) is 5.62. The lowest BCUT2D eigenvalue weighted by Crippen LogP contribution is -2.26. The summed E-state index contributed by atoms with van der Waals surface area (Å²) in [4.78, 5) is 0.0959. The van der Waals surface area contributed by atoms with Gasteiger partial charge in [0.2, 0.25) is 0 Å². The number of hydrogen-bond donors (Lipinski definition) is 1. The van der Waals surface area contributed by atoms with Crippen molar-refractivity contribution in [2.75, 3.05) is 17.1 Å². The Morgan fingerprint density at radius 2 is 1.75 bits per heavy atom. The van der Waals surface area contributed by atoms with Crippen LogP contribution in [-0.4, -0.2) is 15.5 Å². The molecule has 0 spiro atoms. The third kappa shape index (κ3) is 2.78. The molecule has 0 aromatic heterocycles. The zero-order valence-corrected chi connectivity index (χ0v) is 12.9. The van der Waals surface area contributed by atoms with Gasteiger partial charge in [-0.15, -0.1) is 0 Å².